The maximum Gasteiger partial charge on any atom is 0.206 e. The van der Waals surface area contributed by atoms with E-state index in [1.807, 2.05) is 0 Å². The lowest BCUT2D eigenvalue weighted by Crippen LogP contribution is -2.67. The van der Waals surface area contributed by atoms with E-state index in [0.717, 1.165) is 0 Å². The van der Waals surface area contributed by atoms with Gasteiger partial charge in [-0.3, -0.25) is 15.0 Å². The molecule has 0 unspecified atom stereocenters. The number of aliphatic hydroxyl groups is 1. The Morgan fingerprint density at radius 1 is 1.50 bits per heavy atom. The van der Waals surface area contributed by atoms with Crippen molar-refractivity contribution in [2.45, 2.75) is 38.3 Å². The van der Waals surface area contributed by atoms with E-state index < -0.39 is 5.60 Å². The Hall–Kier alpha value is -0.680. The van der Waals surface area contributed by atoms with Crippen LogP contribution in [0.4, 0.5) is 0 Å². The topological polar surface area (TPSA) is 66.6 Å². The van der Waals surface area contributed by atoms with Crippen LogP contribution in [-0.2, 0) is 0 Å². The van der Waals surface area contributed by atoms with E-state index in [1.165, 1.54) is 0 Å². The Labute approximate surface area is 83.9 Å². The molecule has 5 nitrogen and oxygen atoms in total. The monoisotopic (exact) mass is 202 g/mol. The van der Waals surface area contributed by atoms with Gasteiger partial charge in [-0.05, 0) is 20.8 Å². The summed E-state index contributed by atoms with van der Waals surface area (Å²) in [6.45, 7) is 7.16. The van der Waals surface area contributed by atoms with Gasteiger partial charge in [0.1, 0.15) is 0 Å². The van der Waals surface area contributed by atoms with Crippen LogP contribution in [0.3, 0.4) is 0 Å². The zero-order valence-electron chi connectivity index (χ0n) is 8.99. The van der Waals surface area contributed by atoms with Crippen molar-refractivity contribution in [1.82, 2.24) is 4.90 Å². The summed E-state index contributed by atoms with van der Waals surface area (Å²) in [4.78, 5) is 11.9. The number of hydrogen-bond donors (Lipinski definition) is 1. The summed E-state index contributed by atoms with van der Waals surface area (Å²) in [6, 6.07) is 0. The number of nitrogens with zero attached hydrogens (tertiary/aromatic N) is 2. The van der Waals surface area contributed by atoms with Crippen molar-refractivity contribution in [3.8, 4) is 0 Å². The van der Waals surface area contributed by atoms with E-state index >= 15 is 0 Å². The number of hydrogen-bond acceptors (Lipinski definition) is 4. The molecule has 0 bridgehead atoms. The Morgan fingerprint density at radius 3 is 2.36 bits per heavy atom. The van der Waals surface area contributed by atoms with Crippen molar-refractivity contribution in [2.24, 2.45) is 0 Å². The summed E-state index contributed by atoms with van der Waals surface area (Å²) < 4.78 is 0. The molecule has 1 fully saturated rings. The van der Waals surface area contributed by atoms with Gasteiger partial charge in [0.2, 0.25) is 6.54 Å². The first kappa shape index (κ1) is 11.4. The predicted molar refractivity (Wildman–Crippen MR) is 52.8 cm³/mol. The first-order valence-corrected chi connectivity index (χ1v) is 4.82. The number of nitro groups is 1. The maximum atomic E-state index is 10.1. The molecule has 1 rings (SSSR count). The van der Waals surface area contributed by atoms with E-state index in [2.05, 4.69) is 25.7 Å². The normalized spacial score (nSPS) is 21.7. The Bertz CT molecular complexity index is 229. The Kier molecular flexibility index (Phi) is 2.83. The fraction of sp³-hybridized carbons (Fsp3) is 1.00. The van der Waals surface area contributed by atoms with Gasteiger partial charge in [0.25, 0.3) is 0 Å². The highest BCUT2D eigenvalue weighted by Crippen LogP contribution is 2.30. The lowest BCUT2D eigenvalue weighted by Gasteiger charge is -2.52. The smallest absolute Gasteiger partial charge is 0.206 e. The second kappa shape index (κ2) is 3.47. The molecule has 5 heteroatoms. The molecule has 0 aromatic carbocycles. The van der Waals surface area contributed by atoms with Gasteiger partial charge in [0.15, 0.2) is 0 Å². The van der Waals surface area contributed by atoms with Crippen LogP contribution in [0.2, 0.25) is 0 Å². The van der Waals surface area contributed by atoms with Crippen LogP contribution in [0.15, 0.2) is 0 Å². The van der Waals surface area contributed by atoms with Crippen molar-refractivity contribution in [3.05, 3.63) is 10.1 Å². The minimum absolute atomic E-state index is 0.0425. The second-order valence-electron chi connectivity index (χ2n) is 5.06. The first-order valence-electron chi connectivity index (χ1n) is 4.82. The van der Waals surface area contributed by atoms with Gasteiger partial charge in [-0.1, -0.05) is 0 Å². The Balaban J connectivity index is 2.34. The van der Waals surface area contributed by atoms with Crippen LogP contribution in [-0.4, -0.2) is 45.7 Å². The number of likely N-dealkylation sites (tertiary alicyclic amines) is 1. The molecule has 0 aromatic heterocycles. The molecule has 1 aliphatic rings. The third-order valence-corrected chi connectivity index (χ3v) is 2.68. The highest BCUT2D eigenvalue weighted by molar-refractivity contribution is 4.99. The molecular formula is C9H18N2O3. The van der Waals surface area contributed by atoms with Gasteiger partial charge in [-0.15, -0.1) is 0 Å². The lowest BCUT2D eigenvalue weighted by atomic mass is 9.86. The molecule has 0 aliphatic carbocycles. The summed E-state index contributed by atoms with van der Waals surface area (Å²) in [6.07, 6.45) is 0.257. The van der Waals surface area contributed by atoms with Crippen LogP contribution in [0.25, 0.3) is 0 Å². The SMILES string of the molecule is CC(C)(C)N1CC(O)(CC[N+](=O)[O-])C1. The third-order valence-electron chi connectivity index (χ3n) is 2.68. The van der Waals surface area contributed by atoms with Gasteiger partial charge in [-0.2, -0.15) is 0 Å². The zero-order valence-corrected chi connectivity index (χ0v) is 8.99. The minimum Gasteiger partial charge on any atom is -0.387 e. The van der Waals surface area contributed by atoms with Crippen LogP contribution < -0.4 is 0 Å². The highest BCUT2D eigenvalue weighted by atomic mass is 16.6. The van der Waals surface area contributed by atoms with Crippen molar-refractivity contribution >= 4 is 0 Å². The van der Waals surface area contributed by atoms with Crippen LogP contribution >= 0.6 is 0 Å². The van der Waals surface area contributed by atoms with Crippen molar-refractivity contribution in [2.75, 3.05) is 19.6 Å². The van der Waals surface area contributed by atoms with Gasteiger partial charge >= 0.3 is 0 Å². The molecule has 0 atom stereocenters. The Morgan fingerprint density at radius 2 is 2.00 bits per heavy atom. The summed E-state index contributed by atoms with van der Waals surface area (Å²) in [7, 11) is 0. The third kappa shape index (κ3) is 2.65. The molecular weight excluding hydrogens is 184 g/mol. The van der Waals surface area contributed by atoms with Crippen molar-refractivity contribution in [1.29, 1.82) is 0 Å². The fourth-order valence-corrected chi connectivity index (χ4v) is 1.60. The van der Waals surface area contributed by atoms with Crippen LogP contribution in [0, 0.1) is 10.1 Å². The van der Waals surface area contributed by atoms with E-state index in [0.29, 0.717) is 13.1 Å². The summed E-state index contributed by atoms with van der Waals surface area (Å²) >= 11 is 0. The molecule has 14 heavy (non-hydrogen) atoms. The second-order valence-corrected chi connectivity index (χ2v) is 5.06. The zero-order chi connectivity index (χ0) is 11.0. The lowest BCUT2D eigenvalue weighted by molar-refractivity contribution is -0.484. The van der Waals surface area contributed by atoms with Gasteiger partial charge in [-0.25, -0.2) is 0 Å². The summed E-state index contributed by atoms with van der Waals surface area (Å²) in [5, 5.41) is 20.0. The van der Waals surface area contributed by atoms with Gasteiger partial charge in [0, 0.05) is 30.0 Å². The average Bonchev–Trinajstić information content (AvgIpc) is 1.93. The molecule has 1 saturated heterocycles. The predicted octanol–water partition coefficient (Wildman–Crippen LogP) is 0.498. The molecule has 1 aliphatic heterocycles. The number of rotatable bonds is 3. The van der Waals surface area contributed by atoms with E-state index in [-0.39, 0.29) is 23.4 Å². The quantitative estimate of drug-likeness (QED) is 0.534. The molecule has 0 spiro atoms. The molecule has 1 N–H and O–H groups in total. The van der Waals surface area contributed by atoms with Crippen molar-refractivity contribution in [3.63, 3.8) is 0 Å². The van der Waals surface area contributed by atoms with Crippen LogP contribution in [0.1, 0.15) is 27.2 Å². The van der Waals surface area contributed by atoms with E-state index in [9.17, 15) is 15.2 Å². The molecule has 1 heterocycles. The fourth-order valence-electron chi connectivity index (χ4n) is 1.60. The number of β-amino-alcohol motifs (C(OH)–C–C–N with tert-alkyl or cyclic N) is 1. The highest BCUT2D eigenvalue weighted by Gasteiger charge is 2.45. The molecule has 0 saturated carbocycles. The molecule has 82 valence electrons. The van der Waals surface area contributed by atoms with Crippen LogP contribution in [0.5, 0.6) is 0 Å². The largest absolute Gasteiger partial charge is 0.387 e. The summed E-state index contributed by atoms with van der Waals surface area (Å²) in [5.74, 6) is 0. The maximum absolute atomic E-state index is 10.1. The average molecular weight is 202 g/mol. The standard InChI is InChI=1S/C9H18N2O3/c1-8(2,3)10-6-9(12,7-10)4-5-11(13)14/h12H,4-7H2,1-3H3. The van der Waals surface area contributed by atoms with Gasteiger partial charge in [0.05, 0.1) is 5.60 Å². The first-order chi connectivity index (χ1) is 6.23. The molecule has 0 aromatic rings. The molecule has 0 radical (unpaired) electrons. The molecule has 0 amide bonds. The van der Waals surface area contributed by atoms with E-state index in [1.54, 1.807) is 0 Å². The summed E-state index contributed by atoms with van der Waals surface area (Å²) in [5.41, 5.74) is -0.790. The van der Waals surface area contributed by atoms with Crippen molar-refractivity contribution < 1.29 is 10.0 Å². The van der Waals surface area contributed by atoms with Gasteiger partial charge < -0.3 is 5.11 Å². The van der Waals surface area contributed by atoms with E-state index in [4.69, 9.17) is 0 Å². The minimum atomic E-state index is -0.833.